The fraction of sp³-hybridized carbons (Fsp3) is 0.231. The number of aliphatic hydroxyl groups excluding tert-OH is 1. The average molecular weight is 246 g/mol. The van der Waals surface area contributed by atoms with E-state index < -0.39 is 12.0 Å². The molecule has 1 heterocycles. The Morgan fingerprint density at radius 1 is 1.44 bits per heavy atom. The topological polar surface area (TPSA) is 75.4 Å². The zero-order chi connectivity index (χ0) is 13.0. The molecule has 0 fully saturated rings. The van der Waals surface area contributed by atoms with Crippen LogP contribution in [0.25, 0.3) is 0 Å². The molecule has 5 nitrogen and oxygen atoms in total. The third kappa shape index (κ3) is 2.75. The molecule has 0 aliphatic carbocycles. The third-order valence-corrected chi connectivity index (χ3v) is 2.67. The summed E-state index contributed by atoms with van der Waals surface area (Å²) in [6.45, 7) is 2.08. The number of rotatable bonds is 4. The fourth-order valence-electron chi connectivity index (χ4n) is 1.55. The summed E-state index contributed by atoms with van der Waals surface area (Å²) in [5, 5.41) is 16.2. The first-order chi connectivity index (χ1) is 8.68. The van der Waals surface area contributed by atoms with E-state index in [0.717, 1.165) is 11.3 Å². The van der Waals surface area contributed by atoms with E-state index in [0.29, 0.717) is 5.56 Å². The van der Waals surface area contributed by atoms with Gasteiger partial charge in [0.1, 0.15) is 6.26 Å². The van der Waals surface area contributed by atoms with Crippen molar-refractivity contribution in [2.45, 2.75) is 19.6 Å². The first kappa shape index (κ1) is 12.3. The minimum atomic E-state index is -1.16. The first-order valence-corrected chi connectivity index (χ1v) is 5.59. The Kier molecular flexibility index (Phi) is 3.74. The number of aliphatic hydroxyl groups is 1. The number of amides is 1. The summed E-state index contributed by atoms with van der Waals surface area (Å²) < 4.78 is 4.76. The van der Waals surface area contributed by atoms with Crippen molar-refractivity contribution in [2.75, 3.05) is 0 Å². The molecule has 1 aromatic heterocycles. The highest BCUT2D eigenvalue weighted by molar-refractivity contribution is 5.81. The summed E-state index contributed by atoms with van der Waals surface area (Å²) in [5.74, 6) is -0.443. The van der Waals surface area contributed by atoms with Crippen LogP contribution in [0.2, 0.25) is 0 Å². The number of hydrogen-bond donors (Lipinski definition) is 2. The predicted octanol–water partition coefficient (Wildman–Crippen LogP) is 1.33. The molecule has 5 heteroatoms. The molecule has 18 heavy (non-hydrogen) atoms. The number of aromatic nitrogens is 1. The van der Waals surface area contributed by atoms with Crippen LogP contribution in [0.5, 0.6) is 0 Å². The van der Waals surface area contributed by atoms with Crippen molar-refractivity contribution >= 4 is 5.91 Å². The van der Waals surface area contributed by atoms with Gasteiger partial charge in [-0.15, -0.1) is 0 Å². The van der Waals surface area contributed by atoms with E-state index in [2.05, 4.69) is 10.5 Å². The Labute approximate surface area is 104 Å². The van der Waals surface area contributed by atoms with Crippen LogP contribution in [0.15, 0.2) is 41.1 Å². The van der Waals surface area contributed by atoms with E-state index in [-0.39, 0.29) is 6.54 Å². The highest BCUT2D eigenvalue weighted by Gasteiger charge is 2.17. The summed E-state index contributed by atoms with van der Waals surface area (Å²) in [5.41, 5.74) is 2.09. The van der Waals surface area contributed by atoms with Crippen molar-refractivity contribution in [1.82, 2.24) is 10.5 Å². The Bertz CT molecular complexity index is 522. The van der Waals surface area contributed by atoms with Gasteiger partial charge >= 0.3 is 0 Å². The summed E-state index contributed by atoms with van der Waals surface area (Å²) in [4.78, 5) is 11.7. The molecule has 0 radical (unpaired) electrons. The van der Waals surface area contributed by atoms with Crippen LogP contribution < -0.4 is 5.32 Å². The number of carbonyl (C=O) groups excluding carboxylic acids is 1. The van der Waals surface area contributed by atoms with Gasteiger partial charge in [-0.05, 0) is 12.5 Å². The van der Waals surface area contributed by atoms with Crippen LogP contribution in [0.3, 0.4) is 0 Å². The molecule has 94 valence electrons. The molecule has 0 unspecified atom stereocenters. The van der Waals surface area contributed by atoms with Crippen LogP contribution in [0.1, 0.15) is 22.9 Å². The van der Waals surface area contributed by atoms with Gasteiger partial charge in [0.2, 0.25) is 0 Å². The van der Waals surface area contributed by atoms with Crippen molar-refractivity contribution in [3.8, 4) is 0 Å². The van der Waals surface area contributed by atoms with Crippen molar-refractivity contribution < 1.29 is 14.4 Å². The number of nitrogens with one attached hydrogen (secondary N) is 1. The molecule has 1 aromatic carbocycles. The highest BCUT2D eigenvalue weighted by Crippen LogP contribution is 2.12. The Morgan fingerprint density at radius 2 is 2.17 bits per heavy atom. The van der Waals surface area contributed by atoms with E-state index in [9.17, 15) is 9.90 Å². The smallest absolute Gasteiger partial charge is 0.253 e. The minimum absolute atomic E-state index is 0.290. The third-order valence-electron chi connectivity index (χ3n) is 2.67. The number of benzene rings is 1. The second-order valence-electron chi connectivity index (χ2n) is 3.96. The molecule has 1 atom stereocenters. The molecule has 0 aliphatic heterocycles. The van der Waals surface area contributed by atoms with Crippen LogP contribution in [-0.2, 0) is 11.3 Å². The lowest BCUT2D eigenvalue weighted by atomic mass is 10.1. The molecule has 0 aliphatic rings. The first-order valence-electron chi connectivity index (χ1n) is 5.59. The van der Waals surface area contributed by atoms with E-state index in [1.807, 2.05) is 6.07 Å². The molecule has 0 spiro atoms. The second-order valence-corrected chi connectivity index (χ2v) is 3.96. The van der Waals surface area contributed by atoms with Crippen molar-refractivity contribution in [3.05, 3.63) is 53.4 Å². The van der Waals surface area contributed by atoms with Gasteiger partial charge in [-0.25, -0.2) is 0 Å². The van der Waals surface area contributed by atoms with Gasteiger partial charge in [-0.2, -0.15) is 0 Å². The van der Waals surface area contributed by atoms with E-state index in [4.69, 9.17) is 4.52 Å². The normalized spacial score (nSPS) is 12.1. The Balaban J connectivity index is 1.95. The highest BCUT2D eigenvalue weighted by atomic mass is 16.5. The van der Waals surface area contributed by atoms with Crippen LogP contribution in [0, 0.1) is 6.92 Å². The zero-order valence-corrected chi connectivity index (χ0v) is 9.96. The SMILES string of the molecule is Cc1nocc1CNC(=O)[C@H](O)c1ccccc1. The monoisotopic (exact) mass is 246 g/mol. The number of aryl methyl sites for hydroxylation is 1. The van der Waals surface area contributed by atoms with Gasteiger partial charge in [0.05, 0.1) is 5.69 Å². The lowest BCUT2D eigenvalue weighted by molar-refractivity contribution is -0.129. The summed E-state index contributed by atoms with van der Waals surface area (Å²) in [6.07, 6.45) is 0.316. The molecule has 1 amide bonds. The van der Waals surface area contributed by atoms with Crippen LogP contribution in [-0.4, -0.2) is 16.2 Å². The van der Waals surface area contributed by atoms with Crippen LogP contribution in [0.4, 0.5) is 0 Å². The maximum Gasteiger partial charge on any atom is 0.253 e. The van der Waals surface area contributed by atoms with Gasteiger partial charge in [0, 0.05) is 12.1 Å². The fourth-order valence-corrected chi connectivity index (χ4v) is 1.55. The largest absolute Gasteiger partial charge is 0.378 e. The van der Waals surface area contributed by atoms with Gasteiger partial charge in [-0.3, -0.25) is 4.79 Å². The van der Waals surface area contributed by atoms with E-state index in [1.165, 1.54) is 6.26 Å². The maximum absolute atomic E-state index is 11.7. The summed E-state index contributed by atoms with van der Waals surface area (Å²) in [7, 11) is 0. The second kappa shape index (κ2) is 5.46. The molecule has 0 bridgehead atoms. The predicted molar refractivity (Wildman–Crippen MR) is 64.5 cm³/mol. The standard InChI is InChI=1S/C13H14N2O3/c1-9-11(8-18-15-9)7-14-13(17)12(16)10-5-3-2-4-6-10/h2-6,8,12,16H,7H2,1H3,(H,14,17)/t12-/m1/s1. The lowest BCUT2D eigenvalue weighted by Gasteiger charge is -2.10. The van der Waals surface area contributed by atoms with E-state index in [1.54, 1.807) is 31.2 Å². The molecule has 2 aromatic rings. The van der Waals surface area contributed by atoms with Gasteiger partial charge < -0.3 is 14.9 Å². The molecule has 2 N–H and O–H groups in total. The van der Waals surface area contributed by atoms with Crippen LogP contribution >= 0.6 is 0 Å². The number of carbonyl (C=O) groups is 1. The quantitative estimate of drug-likeness (QED) is 0.853. The van der Waals surface area contributed by atoms with E-state index >= 15 is 0 Å². The molecular formula is C13H14N2O3. The Hall–Kier alpha value is -2.14. The number of nitrogens with zero attached hydrogens (tertiary/aromatic N) is 1. The van der Waals surface area contributed by atoms with Gasteiger partial charge in [0.15, 0.2) is 6.10 Å². The summed E-state index contributed by atoms with van der Waals surface area (Å²) in [6, 6.07) is 8.78. The zero-order valence-electron chi connectivity index (χ0n) is 9.96. The van der Waals surface area contributed by atoms with Gasteiger partial charge in [0.25, 0.3) is 5.91 Å². The molecule has 0 saturated heterocycles. The minimum Gasteiger partial charge on any atom is -0.378 e. The summed E-state index contributed by atoms with van der Waals surface area (Å²) >= 11 is 0. The molecule has 0 saturated carbocycles. The average Bonchev–Trinajstić information content (AvgIpc) is 2.81. The molecular weight excluding hydrogens is 232 g/mol. The van der Waals surface area contributed by atoms with Crippen molar-refractivity contribution in [3.63, 3.8) is 0 Å². The maximum atomic E-state index is 11.7. The van der Waals surface area contributed by atoms with Crippen molar-refractivity contribution in [1.29, 1.82) is 0 Å². The van der Waals surface area contributed by atoms with Crippen molar-refractivity contribution in [2.24, 2.45) is 0 Å². The lowest BCUT2D eigenvalue weighted by Crippen LogP contribution is -2.28. The number of hydrogen-bond acceptors (Lipinski definition) is 4. The molecule has 2 rings (SSSR count). The Morgan fingerprint density at radius 3 is 2.78 bits per heavy atom. The van der Waals surface area contributed by atoms with Gasteiger partial charge in [-0.1, -0.05) is 35.5 Å².